The molecular formula is C25H30O9S. The summed E-state index contributed by atoms with van der Waals surface area (Å²) in [6, 6.07) is 10.6. The Labute approximate surface area is 207 Å². The highest BCUT2D eigenvalue weighted by Crippen LogP contribution is 2.38. The molecule has 2 aromatic carbocycles. The zero-order valence-corrected chi connectivity index (χ0v) is 20.7. The third-order valence-electron chi connectivity index (χ3n) is 5.19. The van der Waals surface area contributed by atoms with Crippen LogP contribution in [0.3, 0.4) is 0 Å². The molecular weight excluding hydrogens is 476 g/mol. The number of ether oxygens (including phenoxy) is 6. The van der Waals surface area contributed by atoms with Gasteiger partial charge in [-0.2, -0.15) is 0 Å². The van der Waals surface area contributed by atoms with Gasteiger partial charge in [-0.3, -0.25) is 0 Å². The van der Waals surface area contributed by atoms with Crippen LogP contribution in [-0.4, -0.2) is 83.6 Å². The Morgan fingerprint density at radius 3 is 2.03 bits per heavy atom. The van der Waals surface area contributed by atoms with Crippen LogP contribution in [0.4, 0.5) is 0 Å². The fraction of sp³-hybridized carbons (Fsp3) is 0.440. The largest absolute Gasteiger partial charge is 0.606 e. The van der Waals surface area contributed by atoms with Gasteiger partial charge in [-0.05, 0) is 12.1 Å². The third-order valence-corrected chi connectivity index (χ3v) is 6.82. The molecule has 1 aliphatic heterocycles. The fourth-order valence-electron chi connectivity index (χ4n) is 3.52. The average molecular weight is 507 g/mol. The first-order valence-corrected chi connectivity index (χ1v) is 12.4. The average Bonchev–Trinajstić information content (AvgIpc) is 2.87. The lowest BCUT2D eigenvalue weighted by atomic mass is 9.98. The number of methoxy groups -OCH3 is 2. The van der Waals surface area contributed by atoms with E-state index in [-0.39, 0.29) is 42.4 Å². The second-order valence-corrected chi connectivity index (χ2v) is 8.90. The van der Waals surface area contributed by atoms with Crippen molar-refractivity contribution in [1.82, 2.24) is 0 Å². The van der Waals surface area contributed by atoms with Crippen molar-refractivity contribution >= 4 is 23.1 Å². The molecule has 0 amide bonds. The van der Waals surface area contributed by atoms with Crippen molar-refractivity contribution in [2.24, 2.45) is 0 Å². The van der Waals surface area contributed by atoms with Crippen LogP contribution in [0.15, 0.2) is 46.2 Å². The minimum absolute atomic E-state index is 0.00123. The van der Waals surface area contributed by atoms with Gasteiger partial charge >= 0.3 is 11.9 Å². The van der Waals surface area contributed by atoms with Gasteiger partial charge in [0.1, 0.15) is 18.8 Å². The molecule has 3 rings (SSSR count). The fourth-order valence-corrected chi connectivity index (χ4v) is 5.08. The van der Waals surface area contributed by atoms with Crippen molar-refractivity contribution in [3.05, 3.63) is 58.7 Å². The molecule has 0 aromatic heterocycles. The first-order valence-electron chi connectivity index (χ1n) is 11.2. The van der Waals surface area contributed by atoms with Crippen LogP contribution in [0.25, 0.3) is 0 Å². The predicted octanol–water partition coefficient (Wildman–Crippen LogP) is 2.40. The highest BCUT2D eigenvalue weighted by atomic mass is 32.2. The van der Waals surface area contributed by atoms with Gasteiger partial charge in [-0.1, -0.05) is 24.3 Å². The summed E-state index contributed by atoms with van der Waals surface area (Å²) in [5, 5.41) is 0. The topological polar surface area (TPSA) is 113 Å². The molecule has 1 atom stereocenters. The molecule has 0 aliphatic carbocycles. The number of rotatable bonds is 14. The molecule has 1 aliphatic rings. The monoisotopic (exact) mass is 506 g/mol. The van der Waals surface area contributed by atoms with E-state index in [0.29, 0.717) is 43.3 Å². The van der Waals surface area contributed by atoms with Gasteiger partial charge in [0.25, 0.3) is 0 Å². The van der Waals surface area contributed by atoms with Crippen molar-refractivity contribution in [2.45, 2.75) is 16.2 Å². The lowest BCUT2D eigenvalue weighted by Gasteiger charge is -2.24. The van der Waals surface area contributed by atoms with Crippen LogP contribution < -0.4 is 0 Å². The van der Waals surface area contributed by atoms with E-state index in [9.17, 15) is 14.1 Å². The molecule has 1 unspecified atom stereocenters. The maximum Gasteiger partial charge on any atom is 0.344 e. The second-order valence-electron chi connectivity index (χ2n) is 7.51. The number of carbonyl (C=O) groups is 2. The van der Waals surface area contributed by atoms with Crippen LogP contribution in [0.2, 0.25) is 0 Å². The van der Waals surface area contributed by atoms with Gasteiger partial charge in [0.2, 0.25) is 0 Å². The van der Waals surface area contributed by atoms with Gasteiger partial charge in [-0.15, -0.1) is 0 Å². The van der Waals surface area contributed by atoms with E-state index in [1.807, 2.05) is 12.1 Å². The molecule has 0 bridgehead atoms. The summed E-state index contributed by atoms with van der Waals surface area (Å²) in [6.45, 7) is 1.88. The smallest absolute Gasteiger partial charge is 0.344 e. The quantitative estimate of drug-likeness (QED) is 0.217. The number of hydrogen-bond acceptors (Lipinski definition) is 9. The summed E-state index contributed by atoms with van der Waals surface area (Å²) in [7, 11) is 3.13. The van der Waals surface area contributed by atoms with Crippen molar-refractivity contribution in [3.8, 4) is 0 Å². The minimum Gasteiger partial charge on any atom is -0.606 e. The van der Waals surface area contributed by atoms with E-state index in [4.69, 9.17) is 28.4 Å². The predicted molar refractivity (Wildman–Crippen MR) is 126 cm³/mol. The molecule has 0 spiro atoms. The van der Waals surface area contributed by atoms with E-state index in [1.165, 1.54) is 6.07 Å². The highest BCUT2D eigenvalue weighted by Gasteiger charge is 2.37. The highest BCUT2D eigenvalue weighted by molar-refractivity contribution is 7.91. The Kier molecular flexibility index (Phi) is 11.0. The van der Waals surface area contributed by atoms with Gasteiger partial charge < -0.3 is 33.0 Å². The SMILES string of the molecule is COCCOCCOC(=O)c1ccc2c(c1C(=O)OCCOCCOC)[S+]([O-])c1ccccc1C2. The molecule has 35 heavy (non-hydrogen) atoms. The van der Waals surface area contributed by atoms with Crippen molar-refractivity contribution in [3.63, 3.8) is 0 Å². The summed E-state index contributed by atoms with van der Waals surface area (Å²) in [4.78, 5) is 26.9. The second kappa shape index (κ2) is 14.2. The molecule has 2 aromatic rings. The maximum atomic E-state index is 13.5. The Morgan fingerprint density at radius 2 is 1.37 bits per heavy atom. The molecule has 190 valence electrons. The number of hydrogen-bond donors (Lipinski definition) is 0. The summed E-state index contributed by atoms with van der Waals surface area (Å²) >= 11 is -1.67. The maximum absolute atomic E-state index is 13.5. The van der Waals surface area contributed by atoms with Crippen LogP contribution in [-0.2, 0) is 46.0 Å². The van der Waals surface area contributed by atoms with E-state index in [2.05, 4.69) is 0 Å². The zero-order valence-electron chi connectivity index (χ0n) is 19.9. The molecule has 0 fully saturated rings. The van der Waals surface area contributed by atoms with E-state index in [1.54, 1.807) is 32.4 Å². The molecule has 0 N–H and O–H groups in total. The van der Waals surface area contributed by atoms with Gasteiger partial charge in [-0.25, -0.2) is 9.59 Å². The summed E-state index contributed by atoms with van der Waals surface area (Å²) in [6.07, 6.45) is 0.486. The van der Waals surface area contributed by atoms with E-state index in [0.717, 1.165) is 5.56 Å². The summed E-state index contributed by atoms with van der Waals surface area (Å²) in [5.74, 6) is -1.48. The lowest BCUT2D eigenvalue weighted by molar-refractivity contribution is 0.0182. The number of benzene rings is 2. The van der Waals surface area contributed by atoms with Crippen molar-refractivity contribution in [1.29, 1.82) is 0 Å². The Balaban J connectivity index is 1.80. The van der Waals surface area contributed by atoms with E-state index < -0.39 is 23.1 Å². The Bertz CT molecular complexity index is 995. The van der Waals surface area contributed by atoms with Crippen molar-refractivity contribution in [2.75, 3.05) is 67.1 Å². The number of carbonyl (C=O) groups excluding carboxylic acids is 2. The number of fused-ring (bicyclic) bond motifs is 2. The molecule has 0 saturated heterocycles. The van der Waals surface area contributed by atoms with Crippen molar-refractivity contribution < 1.29 is 42.6 Å². The standard InChI is InChI=1S/C25H30O9S/c1-29-9-11-31-13-15-33-24(26)20-8-7-19-17-18-5-3-4-6-21(18)35(28)23(19)22(20)25(27)34-16-14-32-12-10-30-2/h3-8H,9-17H2,1-2H3. The van der Waals surface area contributed by atoms with Gasteiger partial charge in [0.15, 0.2) is 9.79 Å². The Hall–Kier alpha value is -2.47. The van der Waals surface area contributed by atoms with Gasteiger partial charge in [0, 0.05) is 42.9 Å². The summed E-state index contributed by atoms with van der Waals surface area (Å²) < 4.78 is 44.7. The molecule has 0 radical (unpaired) electrons. The van der Waals surface area contributed by atoms with Crippen LogP contribution >= 0.6 is 0 Å². The Morgan fingerprint density at radius 1 is 0.771 bits per heavy atom. The van der Waals surface area contributed by atoms with E-state index >= 15 is 0 Å². The molecule has 1 heterocycles. The minimum atomic E-state index is -1.67. The molecule has 10 heteroatoms. The van der Waals surface area contributed by atoms with Crippen LogP contribution in [0.1, 0.15) is 31.8 Å². The zero-order chi connectivity index (χ0) is 25.0. The normalized spacial score (nSPS) is 14.2. The first kappa shape index (κ1) is 27.1. The van der Waals surface area contributed by atoms with Gasteiger partial charge in [0.05, 0.1) is 45.2 Å². The van der Waals surface area contributed by atoms with Crippen LogP contribution in [0.5, 0.6) is 0 Å². The summed E-state index contributed by atoms with van der Waals surface area (Å²) in [5.41, 5.74) is 1.56. The first-order chi connectivity index (χ1) is 17.1. The molecule has 0 saturated carbocycles. The molecule has 9 nitrogen and oxygen atoms in total. The third kappa shape index (κ3) is 7.26. The van der Waals surface area contributed by atoms with Crippen LogP contribution in [0, 0.1) is 0 Å². The number of esters is 2. The lowest BCUT2D eigenvalue weighted by Crippen LogP contribution is -2.24.